The number of sulfonamides is 1. The largest absolute Gasteiger partial charge is 0.485 e. The van der Waals surface area contributed by atoms with E-state index in [4.69, 9.17) is 9.47 Å². The Morgan fingerprint density at radius 3 is 2.35 bits per heavy atom. The Hall–Kier alpha value is -2.40. The lowest BCUT2D eigenvalue weighted by molar-refractivity contribution is -0.153. The van der Waals surface area contributed by atoms with Crippen molar-refractivity contribution in [3.63, 3.8) is 0 Å². The van der Waals surface area contributed by atoms with Gasteiger partial charge in [0.15, 0.2) is 0 Å². The Bertz CT molecular complexity index is 1250. The number of ether oxygens (including phenoxy) is 2. The lowest BCUT2D eigenvalue weighted by atomic mass is 10.1. The van der Waals surface area contributed by atoms with Gasteiger partial charge in [0.2, 0.25) is 0 Å². The number of rotatable bonds is 6. The molecule has 0 radical (unpaired) electrons. The van der Waals surface area contributed by atoms with Crippen molar-refractivity contribution in [3.05, 3.63) is 53.6 Å². The van der Waals surface area contributed by atoms with E-state index in [2.05, 4.69) is 0 Å². The van der Waals surface area contributed by atoms with Crippen LogP contribution in [-0.4, -0.2) is 43.1 Å². The Labute approximate surface area is 220 Å². The van der Waals surface area contributed by atoms with Crippen LogP contribution in [0.15, 0.2) is 47.4 Å². The molecule has 0 spiro atoms. The average molecular weight is 560 g/mol. The minimum atomic E-state index is -4.69. The van der Waals surface area contributed by atoms with Gasteiger partial charge in [-0.3, -0.25) is 9.10 Å². The molecule has 6 nitrogen and oxygen atoms in total. The second kappa shape index (κ2) is 10.4. The Balaban J connectivity index is 2.02. The zero-order valence-corrected chi connectivity index (χ0v) is 23.3. The lowest BCUT2D eigenvalue weighted by Crippen LogP contribution is -2.45. The van der Waals surface area contributed by atoms with Crippen LogP contribution < -0.4 is 9.04 Å². The van der Waals surface area contributed by atoms with E-state index in [1.165, 1.54) is 6.07 Å². The number of nitrogens with zero attached hydrogens (tertiary/aromatic N) is 1. The molecule has 0 N–H and O–H groups in total. The van der Waals surface area contributed by atoms with Crippen LogP contribution in [0.4, 0.5) is 18.9 Å². The number of carbonyl (C=O) groups excluding carboxylic acids is 1. The van der Waals surface area contributed by atoms with Crippen LogP contribution in [0.3, 0.4) is 0 Å². The van der Waals surface area contributed by atoms with E-state index in [1.807, 2.05) is 20.8 Å². The van der Waals surface area contributed by atoms with Crippen LogP contribution in [0.2, 0.25) is 0 Å². The fraction of sp³-hybridized carbons (Fsp3) is 0.500. The molecule has 0 amide bonds. The van der Waals surface area contributed by atoms with Gasteiger partial charge in [0.05, 0.1) is 29.1 Å². The molecule has 1 aliphatic rings. The molecule has 37 heavy (non-hydrogen) atoms. The second-order valence-corrected chi connectivity index (χ2v) is 14.5. The van der Waals surface area contributed by atoms with Crippen molar-refractivity contribution in [1.29, 1.82) is 0 Å². The zero-order chi connectivity index (χ0) is 27.8. The van der Waals surface area contributed by atoms with Gasteiger partial charge in [0.25, 0.3) is 10.0 Å². The first-order valence-corrected chi connectivity index (χ1v) is 14.1. The maximum absolute atomic E-state index is 13.7. The Morgan fingerprint density at radius 1 is 1.08 bits per heavy atom. The number of fused-ring (bicyclic) bond motifs is 1. The summed E-state index contributed by atoms with van der Waals surface area (Å²) in [6, 6.07) is 8.42. The number of hydrogen-bond acceptors (Lipinski definition) is 6. The predicted octanol–water partition coefficient (Wildman–Crippen LogP) is 6.08. The highest BCUT2D eigenvalue weighted by Crippen LogP contribution is 2.40. The van der Waals surface area contributed by atoms with E-state index in [-0.39, 0.29) is 29.1 Å². The molecule has 2 aromatic rings. The second-order valence-electron chi connectivity index (χ2n) is 10.8. The van der Waals surface area contributed by atoms with Crippen molar-refractivity contribution in [2.75, 3.05) is 16.6 Å². The topological polar surface area (TPSA) is 72.9 Å². The van der Waals surface area contributed by atoms with Gasteiger partial charge in [-0.1, -0.05) is 32.9 Å². The maximum atomic E-state index is 13.7. The molecule has 0 unspecified atom stereocenters. The molecule has 1 atom stereocenters. The van der Waals surface area contributed by atoms with E-state index < -0.39 is 44.3 Å². The third kappa shape index (κ3) is 7.80. The third-order valence-corrected chi connectivity index (χ3v) is 8.36. The molecule has 0 aromatic heterocycles. The summed E-state index contributed by atoms with van der Waals surface area (Å²) in [6.07, 6.45) is -5.33. The first-order valence-electron chi connectivity index (χ1n) is 11.7. The predicted molar refractivity (Wildman–Crippen MR) is 139 cm³/mol. The van der Waals surface area contributed by atoms with Gasteiger partial charge in [0.1, 0.15) is 17.5 Å². The number of alkyl halides is 3. The molecule has 1 aliphatic heterocycles. The van der Waals surface area contributed by atoms with E-state index in [1.54, 1.807) is 44.7 Å². The molecule has 1 heterocycles. The standard InChI is InChI=1S/C26H32F3NO5S2/c1-24(2,3)35-23(31)13-17-10-11-22-21(12-17)30(15-19(34-22)16-36-25(4,5)6)37(32,33)20-9-7-8-18(14-20)26(27,28)29/h7-12,14,19H,13,15-16H2,1-6H3/t19-/m1/s1. The van der Waals surface area contributed by atoms with Crippen LogP contribution in [0.1, 0.15) is 52.7 Å². The fourth-order valence-electron chi connectivity index (χ4n) is 3.63. The molecular formula is C26H32F3NO5S2. The molecule has 11 heteroatoms. The summed E-state index contributed by atoms with van der Waals surface area (Å²) in [5.74, 6) is 0.252. The van der Waals surface area contributed by atoms with Gasteiger partial charge < -0.3 is 9.47 Å². The normalized spacial score (nSPS) is 16.7. The average Bonchev–Trinajstić information content (AvgIpc) is 2.75. The third-order valence-electron chi connectivity index (χ3n) is 5.18. The molecular weight excluding hydrogens is 527 g/mol. The first-order chi connectivity index (χ1) is 16.8. The highest BCUT2D eigenvalue weighted by molar-refractivity contribution is 8.00. The SMILES string of the molecule is CC(C)(C)OC(=O)Cc1ccc2c(c1)N(S(=O)(=O)c1cccc(C(F)(F)F)c1)C[C@H](CSC(C)(C)C)O2. The van der Waals surface area contributed by atoms with Gasteiger partial charge in [0, 0.05) is 10.5 Å². The van der Waals surface area contributed by atoms with Crippen LogP contribution in [0.25, 0.3) is 0 Å². The van der Waals surface area contributed by atoms with Crippen molar-refractivity contribution < 1.29 is 35.9 Å². The summed E-state index contributed by atoms with van der Waals surface area (Å²) >= 11 is 1.59. The van der Waals surface area contributed by atoms with Crippen molar-refractivity contribution >= 4 is 33.4 Å². The van der Waals surface area contributed by atoms with Gasteiger partial charge >= 0.3 is 12.1 Å². The van der Waals surface area contributed by atoms with E-state index in [9.17, 15) is 26.4 Å². The van der Waals surface area contributed by atoms with E-state index >= 15 is 0 Å². The van der Waals surface area contributed by atoms with Crippen molar-refractivity contribution in [2.24, 2.45) is 0 Å². The molecule has 0 bridgehead atoms. The summed E-state index contributed by atoms with van der Waals surface area (Å²) < 4.78 is 79.8. The number of hydrogen-bond donors (Lipinski definition) is 0. The highest BCUT2D eigenvalue weighted by atomic mass is 32.2. The number of halogens is 3. The number of thioether (sulfide) groups is 1. The molecule has 3 rings (SSSR count). The van der Waals surface area contributed by atoms with Crippen molar-refractivity contribution in [3.8, 4) is 5.75 Å². The molecule has 204 valence electrons. The van der Waals surface area contributed by atoms with E-state index in [0.717, 1.165) is 22.5 Å². The van der Waals surface area contributed by atoms with Crippen LogP contribution in [0, 0.1) is 0 Å². The lowest BCUT2D eigenvalue weighted by Gasteiger charge is -2.36. The Kier molecular flexibility index (Phi) is 8.20. The Morgan fingerprint density at radius 2 is 1.76 bits per heavy atom. The fourth-order valence-corrected chi connectivity index (χ4v) is 6.03. The first kappa shape index (κ1) is 29.2. The minimum Gasteiger partial charge on any atom is -0.485 e. The van der Waals surface area contributed by atoms with Gasteiger partial charge in [-0.25, -0.2) is 8.42 Å². The minimum absolute atomic E-state index is 0.0927. The number of anilines is 1. The smallest absolute Gasteiger partial charge is 0.416 e. The molecule has 0 saturated carbocycles. The summed E-state index contributed by atoms with van der Waals surface area (Å²) in [6.45, 7) is 11.2. The number of benzene rings is 2. The van der Waals surface area contributed by atoms with E-state index in [0.29, 0.717) is 17.4 Å². The van der Waals surface area contributed by atoms with Crippen LogP contribution in [-0.2, 0) is 32.2 Å². The summed E-state index contributed by atoms with van der Waals surface area (Å²) in [7, 11) is -4.39. The van der Waals surface area contributed by atoms with Crippen molar-refractivity contribution in [2.45, 2.75) is 75.5 Å². The zero-order valence-electron chi connectivity index (χ0n) is 21.7. The quantitative estimate of drug-likeness (QED) is 0.400. The van der Waals surface area contributed by atoms with Crippen LogP contribution >= 0.6 is 11.8 Å². The van der Waals surface area contributed by atoms with Gasteiger partial charge in [-0.15, -0.1) is 0 Å². The summed E-state index contributed by atoms with van der Waals surface area (Å²) in [5.41, 5.74) is -1.09. The molecule has 0 fully saturated rings. The summed E-state index contributed by atoms with van der Waals surface area (Å²) in [5, 5.41) is 0. The molecule has 2 aromatic carbocycles. The van der Waals surface area contributed by atoms with Crippen molar-refractivity contribution in [1.82, 2.24) is 0 Å². The molecule has 0 aliphatic carbocycles. The summed E-state index contributed by atoms with van der Waals surface area (Å²) in [4.78, 5) is 11.9. The molecule has 0 saturated heterocycles. The number of esters is 1. The monoisotopic (exact) mass is 559 g/mol. The van der Waals surface area contributed by atoms with Crippen LogP contribution in [0.5, 0.6) is 5.75 Å². The van der Waals surface area contributed by atoms with Gasteiger partial charge in [-0.05, 0) is 56.7 Å². The highest BCUT2D eigenvalue weighted by Gasteiger charge is 2.37. The number of carbonyl (C=O) groups is 1. The van der Waals surface area contributed by atoms with Gasteiger partial charge in [-0.2, -0.15) is 24.9 Å². The maximum Gasteiger partial charge on any atom is 0.416 e.